The Bertz CT molecular complexity index is 288. The van der Waals surface area contributed by atoms with Crippen molar-refractivity contribution in [3.63, 3.8) is 0 Å². The van der Waals surface area contributed by atoms with Gasteiger partial charge in [-0.25, -0.2) is 4.79 Å². The lowest BCUT2D eigenvalue weighted by molar-refractivity contribution is 0.0118. The monoisotopic (exact) mass is 270 g/mol. The average Bonchev–Trinajstić information content (AvgIpc) is 3.24. The third-order valence-corrected chi connectivity index (χ3v) is 3.99. The third kappa shape index (κ3) is 4.99. The van der Waals surface area contributed by atoms with Crippen LogP contribution in [0.2, 0.25) is 0 Å². The Morgan fingerprint density at radius 2 is 2.21 bits per heavy atom. The molecule has 2 fully saturated rings. The molecule has 5 nitrogen and oxygen atoms in total. The van der Waals surface area contributed by atoms with Gasteiger partial charge in [0.1, 0.15) is 0 Å². The molecule has 1 heterocycles. The fourth-order valence-electron chi connectivity index (χ4n) is 2.50. The summed E-state index contributed by atoms with van der Waals surface area (Å²) in [5.74, 6) is 0.408. The summed E-state index contributed by atoms with van der Waals surface area (Å²) < 4.78 is 5.62. The minimum absolute atomic E-state index is 0.101. The first-order valence-corrected chi connectivity index (χ1v) is 7.45. The van der Waals surface area contributed by atoms with Crippen molar-refractivity contribution in [2.75, 3.05) is 26.7 Å². The van der Waals surface area contributed by atoms with E-state index in [2.05, 4.69) is 5.32 Å². The third-order valence-electron chi connectivity index (χ3n) is 3.99. The number of hydrogen-bond donors (Lipinski definition) is 2. The van der Waals surface area contributed by atoms with Gasteiger partial charge in [-0.1, -0.05) is 0 Å². The molecule has 19 heavy (non-hydrogen) atoms. The van der Waals surface area contributed by atoms with Crippen molar-refractivity contribution < 1.29 is 14.6 Å². The maximum atomic E-state index is 11.8. The Labute approximate surface area is 115 Å². The Hall–Kier alpha value is -0.810. The fraction of sp³-hybridized carbons (Fsp3) is 0.929. The van der Waals surface area contributed by atoms with Gasteiger partial charge in [0.05, 0.1) is 12.2 Å². The molecule has 2 amide bonds. The normalized spacial score (nSPS) is 24.8. The molecule has 2 unspecified atom stereocenters. The summed E-state index contributed by atoms with van der Waals surface area (Å²) in [4.78, 5) is 13.4. The van der Waals surface area contributed by atoms with Crippen molar-refractivity contribution >= 4 is 6.03 Å². The van der Waals surface area contributed by atoms with Gasteiger partial charge in [-0.2, -0.15) is 0 Å². The Morgan fingerprint density at radius 3 is 2.84 bits per heavy atom. The lowest BCUT2D eigenvalue weighted by atomic mass is 10.1. The molecule has 1 saturated heterocycles. The molecule has 0 spiro atoms. The summed E-state index contributed by atoms with van der Waals surface area (Å²) in [6, 6.07) is -0.101. The van der Waals surface area contributed by atoms with E-state index in [-0.39, 0.29) is 12.1 Å². The van der Waals surface area contributed by atoms with Crippen LogP contribution in [0.3, 0.4) is 0 Å². The SMILES string of the molecule is CN(CC(O)C1CC1)C(=O)NCCC1CCCCO1. The van der Waals surface area contributed by atoms with E-state index in [4.69, 9.17) is 4.74 Å². The van der Waals surface area contributed by atoms with E-state index in [1.54, 1.807) is 11.9 Å². The fourth-order valence-corrected chi connectivity index (χ4v) is 2.50. The average molecular weight is 270 g/mol. The first kappa shape index (κ1) is 14.6. The van der Waals surface area contributed by atoms with Gasteiger partial charge in [-0.3, -0.25) is 0 Å². The van der Waals surface area contributed by atoms with Crippen molar-refractivity contribution in [1.82, 2.24) is 10.2 Å². The number of aliphatic hydroxyl groups is 1. The van der Waals surface area contributed by atoms with Crippen LogP contribution in [0, 0.1) is 5.92 Å². The van der Waals surface area contributed by atoms with Crippen molar-refractivity contribution in [1.29, 1.82) is 0 Å². The second kappa shape index (κ2) is 7.10. The van der Waals surface area contributed by atoms with Crippen LogP contribution in [-0.2, 0) is 4.74 Å². The van der Waals surface area contributed by atoms with Crippen LogP contribution < -0.4 is 5.32 Å². The molecule has 5 heteroatoms. The molecule has 0 aromatic carbocycles. The highest BCUT2D eigenvalue weighted by Gasteiger charge is 2.31. The number of amides is 2. The van der Waals surface area contributed by atoms with Crippen LogP contribution in [0.4, 0.5) is 4.79 Å². The molecule has 1 aliphatic heterocycles. The summed E-state index contributed by atoms with van der Waals surface area (Å²) >= 11 is 0. The number of carbonyl (C=O) groups is 1. The maximum Gasteiger partial charge on any atom is 0.317 e. The number of nitrogens with one attached hydrogen (secondary N) is 1. The zero-order chi connectivity index (χ0) is 13.7. The summed E-state index contributed by atoms with van der Waals surface area (Å²) in [5.41, 5.74) is 0. The van der Waals surface area contributed by atoms with Crippen molar-refractivity contribution in [3.8, 4) is 0 Å². The van der Waals surface area contributed by atoms with E-state index in [9.17, 15) is 9.90 Å². The summed E-state index contributed by atoms with van der Waals surface area (Å²) in [6.45, 7) is 1.93. The second-order valence-electron chi connectivity index (χ2n) is 5.79. The molecule has 0 bridgehead atoms. The topological polar surface area (TPSA) is 61.8 Å². The zero-order valence-electron chi connectivity index (χ0n) is 11.8. The van der Waals surface area contributed by atoms with Crippen LogP contribution in [0.15, 0.2) is 0 Å². The Kier molecular flexibility index (Phi) is 5.45. The van der Waals surface area contributed by atoms with E-state index in [1.165, 1.54) is 6.42 Å². The minimum Gasteiger partial charge on any atom is -0.391 e. The van der Waals surface area contributed by atoms with Crippen LogP contribution in [0.25, 0.3) is 0 Å². The number of aliphatic hydroxyl groups excluding tert-OH is 1. The van der Waals surface area contributed by atoms with Gasteiger partial charge in [-0.15, -0.1) is 0 Å². The predicted molar refractivity (Wildman–Crippen MR) is 73.0 cm³/mol. The summed E-state index contributed by atoms with van der Waals surface area (Å²) in [7, 11) is 1.73. The highest BCUT2D eigenvalue weighted by molar-refractivity contribution is 5.73. The summed E-state index contributed by atoms with van der Waals surface area (Å²) in [6.07, 6.45) is 6.49. The summed E-state index contributed by atoms with van der Waals surface area (Å²) in [5, 5.41) is 12.7. The number of urea groups is 1. The molecule has 2 N–H and O–H groups in total. The Morgan fingerprint density at radius 1 is 1.42 bits per heavy atom. The number of likely N-dealkylation sites (N-methyl/N-ethyl adjacent to an activating group) is 1. The number of carbonyl (C=O) groups excluding carboxylic acids is 1. The highest BCUT2D eigenvalue weighted by Crippen LogP contribution is 2.32. The van der Waals surface area contributed by atoms with Crippen LogP contribution in [-0.4, -0.2) is 55.0 Å². The van der Waals surface area contributed by atoms with E-state index in [0.29, 0.717) is 25.1 Å². The lowest BCUT2D eigenvalue weighted by Gasteiger charge is -2.24. The van der Waals surface area contributed by atoms with E-state index >= 15 is 0 Å². The lowest BCUT2D eigenvalue weighted by Crippen LogP contribution is -2.42. The smallest absolute Gasteiger partial charge is 0.317 e. The number of ether oxygens (including phenoxy) is 1. The number of nitrogens with zero attached hydrogens (tertiary/aromatic N) is 1. The molecule has 0 radical (unpaired) electrons. The van der Waals surface area contributed by atoms with E-state index < -0.39 is 0 Å². The first-order valence-electron chi connectivity index (χ1n) is 7.45. The molecule has 110 valence electrons. The second-order valence-corrected chi connectivity index (χ2v) is 5.79. The largest absolute Gasteiger partial charge is 0.391 e. The maximum absolute atomic E-state index is 11.8. The highest BCUT2D eigenvalue weighted by atomic mass is 16.5. The molecular weight excluding hydrogens is 244 g/mol. The minimum atomic E-state index is -0.363. The standard InChI is InChI=1S/C14H26N2O3/c1-16(10-13(17)11-5-6-11)14(18)15-8-7-12-4-2-3-9-19-12/h11-13,17H,2-10H2,1H3,(H,15,18). The Balaban J connectivity index is 1.57. The van der Waals surface area contributed by atoms with Gasteiger partial charge >= 0.3 is 6.03 Å². The molecule has 2 aliphatic rings. The van der Waals surface area contributed by atoms with Gasteiger partial charge in [-0.05, 0) is 44.4 Å². The number of rotatable bonds is 6. The van der Waals surface area contributed by atoms with Crippen molar-refractivity contribution in [3.05, 3.63) is 0 Å². The quantitative estimate of drug-likeness (QED) is 0.766. The molecule has 0 aromatic heterocycles. The molecule has 1 saturated carbocycles. The van der Waals surface area contributed by atoms with Crippen molar-refractivity contribution in [2.24, 2.45) is 5.92 Å². The van der Waals surface area contributed by atoms with E-state index in [1.807, 2.05) is 0 Å². The number of hydrogen-bond acceptors (Lipinski definition) is 3. The van der Waals surface area contributed by atoms with Gasteiger partial charge in [0.2, 0.25) is 0 Å². The molecule has 1 aliphatic carbocycles. The van der Waals surface area contributed by atoms with Crippen LogP contribution in [0.1, 0.15) is 38.5 Å². The van der Waals surface area contributed by atoms with Gasteiger partial charge in [0.15, 0.2) is 0 Å². The van der Waals surface area contributed by atoms with Crippen LogP contribution >= 0.6 is 0 Å². The first-order chi connectivity index (χ1) is 9.16. The zero-order valence-corrected chi connectivity index (χ0v) is 11.8. The molecule has 2 atom stereocenters. The van der Waals surface area contributed by atoms with Gasteiger partial charge in [0.25, 0.3) is 0 Å². The van der Waals surface area contributed by atoms with Gasteiger partial charge < -0.3 is 20.1 Å². The molecular formula is C14H26N2O3. The van der Waals surface area contributed by atoms with Gasteiger partial charge in [0, 0.05) is 26.7 Å². The molecule has 2 rings (SSSR count). The van der Waals surface area contributed by atoms with E-state index in [0.717, 1.165) is 38.7 Å². The van der Waals surface area contributed by atoms with Crippen LogP contribution in [0.5, 0.6) is 0 Å². The van der Waals surface area contributed by atoms with Crippen molar-refractivity contribution in [2.45, 2.75) is 50.7 Å². The predicted octanol–water partition coefficient (Wildman–Crippen LogP) is 1.36. The molecule has 0 aromatic rings.